The molecule has 1 unspecified atom stereocenters. The maximum absolute atomic E-state index is 12.6. The van der Waals surface area contributed by atoms with Crippen molar-refractivity contribution in [1.82, 2.24) is 20.0 Å². The van der Waals surface area contributed by atoms with Gasteiger partial charge in [0, 0.05) is 32.1 Å². The fraction of sp³-hybridized carbons (Fsp3) is 0.789. The van der Waals surface area contributed by atoms with Crippen molar-refractivity contribution >= 4 is 28.6 Å². The smallest absolute Gasteiger partial charge is 0.410 e. The standard InChI is InChI=1S/C19H33N5O3S/c1-18(2,3)14-21-22-15(28-14)20-16(25)24-10-8-9-13(12-24)11-23(7)17(26)27-19(4,5)6/h13H,8-12H2,1-7H3,(H,20,22,25). The predicted molar refractivity (Wildman–Crippen MR) is 111 cm³/mol. The third kappa shape index (κ3) is 6.61. The van der Waals surface area contributed by atoms with Gasteiger partial charge in [-0.2, -0.15) is 0 Å². The van der Waals surface area contributed by atoms with E-state index in [0.717, 1.165) is 17.8 Å². The van der Waals surface area contributed by atoms with Gasteiger partial charge in [-0.1, -0.05) is 32.1 Å². The van der Waals surface area contributed by atoms with E-state index in [-0.39, 0.29) is 23.5 Å². The van der Waals surface area contributed by atoms with E-state index in [2.05, 4.69) is 36.3 Å². The van der Waals surface area contributed by atoms with Crippen molar-refractivity contribution in [3.05, 3.63) is 5.01 Å². The van der Waals surface area contributed by atoms with Crippen molar-refractivity contribution in [3.8, 4) is 0 Å². The Morgan fingerprint density at radius 3 is 2.50 bits per heavy atom. The van der Waals surface area contributed by atoms with Crippen LogP contribution in [0.5, 0.6) is 0 Å². The summed E-state index contributed by atoms with van der Waals surface area (Å²) >= 11 is 1.40. The first-order valence-electron chi connectivity index (χ1n) is 9.69. The summed E-state index contributed by atoms with van der Waals surface area (Å²) in [5.41, 5.74) is -0.611. The summed E-state index contributed by atoms with van der Waals surface area (Å²) in [5.74, 6) is 0.219. The van der Waals surface area contributed by atoms with E-state index in [1.807, 2.05) is 20.8 Å². The molecule has 1 aliphatic rings. The zero-order chi connectivity index (χ0) is 21.1. The van der Waals surface area contributed by atoms with Crippen LogP contribution in [0.2, 0.25) is 0 Å². The number of aromatic nitrogens is 2. The molecule has 2 heterocycles. The largest absolute Gasteiger partial charge is 0.444 e. The quantitative estimate of drug-likeness (QED) is 0.814. The number of urea groups is 1. The molecule has 158 valence electrons. The van der Waals surface area contributed by atoms with Crippen LogP contribution in [0.25, 0.3) is 0 Å². The molecule has 3 amide bonds. The fourth-order valence-electron chi connectivity index (χ4n) is 2.95. The minimum atomic E-state index is -0.516. The molecular weight excluding hydrogens is 378 g/mol. The van der Waals surface area contributed by atoms with Crippen LogP contribution in [-0.4, -0.2) is 64.4 Å². The van der Waals surface area contributed by atoms with Gasteiger partial charge in [-0.05, 0) is 39.5 Å². The molecule has 0 bridgehead atoms. The fourth-order valence-corrected chi connectivity index (χ4v) is 3.74. The van der Waals surface area contributed by atoms with Gasteiger partial charge < -0.3 is 14.5 Å². The Hall–Kier alpha value is -1.90. The van der Waals surface area contributed by atoms with E-state index in [1.54, 1.807) is 16.8 Å². The minimum Gasteiger partial charge on any atom is -0.444 e. The molecule has 1 N–H and O–H groups in total. The van der Waals surface area contributed by atoms with Crippen LogP contribution < -0.4 is 5.32 Å². The highest BCUT2D eigenvalue weighted by molar-refractivity contribution is 7.15. The summed E-state index contributed by atoms with van der Waals surface area (Å²) in [6.45, 7) is 13.6. The maximum atomic E-state index is 12.6. The van der Waals surface area contributed by atoms with Crippen LogP contribution >= 0.6 is 11.3 Å². The highest BCUT2D eigenvalue weighted by Crippen LogP contribution is 2.28. The number of piperidine rings is 1. The van der Waals surface area contributed by atoms with Crippen molar-refractivity contribution < 1.29 is 14.3 Å². The van der Waals surface area contributed by atoms with Gasteiger partial charge in [-0.3, -0.25) is 5.32 Å². The first-order valence-corrected chi connectivity index (χ1v) is 10.5. The second kappa shape index (κ2) is 8.63. The predicted octanol–water partition coefficient (Wildman–Crippen LogP) is 3.95. The third-order valence-corrected chi connectivity index (χ3v) is 5.59. The summed E-state index contributed by atoms with van der Waals surface area (Å²) in [6, 6.07) is -0.166. The van der Waals surface area contributed by atoms with Gasteiger partial charge in [0.1, 0.15) is 10.6 Å². The van der Waals surface area contributed by atoms with Gasteiger partial charge in [0.05, 0.1) is 0 Å². The van der Waals surface area contributed by atoms with Crippen molar-refractivity contribution in [2.75, 3.05) is 32.0 Å². The molecule has 1 aromatic heterocycles. The number of likely N-dealkylation sites (tertiary alicyclic amines) is 1. The van der Waals surface area contributed by atoms with Gasteiger partial charge in [0.15, 0.2) is 0 Å². The molecule has 1 saturated heterocycles. The number of hydrogen-bond donors (Lipinski definition) is 1. The Kier molecular flexibility index (Phi) is 6.90. The second-order valence-electron chi connectivity index (χ2n) is 9.41. The Labute approximate surface area is 171 Å². The number of rotatable bonds is 3. The molecule has 8 nitrogen and oxygen atoms in total. The first kappa shape index (κ1) is 22.4. The summed E-state index contributed by atoms with van der Waals surface area (Å²) in [6.07, 6.45) is 1.55. The number of nitrogens with one attached hydrogen (secondary N) is 1. The van der Waals surface area contributed by atoms with E-state index < -0.39 is 5.60 Å². The van der Waals surface area contributed by atoms with Crippen LogP contribution in [0.1, 0.15) is 59.4 Å². The Morgan fingerprint density at radius 1 is 1.25 bits per heavy atom. The van der Waals surface area contributed by atoms with Crippen LogP contribution in [0, 0.1) is 5.92 Å². The molecule has 0 aromatic carbocycles. The molecule has 2 rings (SSSR count). The van der Waals surface area contributed by atoms with Crippen molar-refractivity contribution in [2.24, 2.45) is 5.92 Å². The summed E-state index contributed by atoms with van der Waals surface area (Å²) in [5, 5.41) is 12.5. The first-order chi connectivity index (χ1) is 12.8. The van der Waals surface area contributed by atoms with Gasteiger partial charge in [-0.15, -0.1) is 10.2 Å². The van der Waals surface area contributed by atoms with Crippen molar-refractivity contribution in [2.45, 2.75) is 65.4 Å². The molecule has 9 heteroatoms. The van der Waals surface area contributed by atoms with Crippen LogP contribution in [-0.2, 0) is 10.2 Å². The number of nitrogens with zero attached hydrogens (tertiary/aromatic N) is 4. The molecule has 0 radical (unpaired) electrons. The molecule has 1 aliphatic heterocycles. The maximum Gasteiger partial charge on any atom is 0.410 e. The molecule has 28 heavy (non-hydrogen) atoms. The molecular formula is C19H33N5O3S. The van der Waals surface area contributed by atoms with Gasteiger partial charge in [-0.25, -0.2) is 9.59 Å². The number of amides is 3. The lowest BCUT2D eigenvalue weighted by molar-refractivity contribution is 0.0253. The van der Waals surface area contributed by atoms with Crippen LogP contribution in [0.3, 0.4) is 0 Å². The molecule has 1 atom stereocenters. The SMILES string of the molecule is CN(CC1CCCN(C(=O)Nc2nnc(C(C)(C)C)s2)C1)C(=O)OC(C)(C)C. The lowest BCUT2D eigenvalue weighted by Crippen LogP contribution is -2.46. The topological polar surface area (TPSA) is 87.7 Å². The third-order valence-electron chi connectivity index (χ3n) is 4.32. The number of carbonyl (C=O) groups excluding carboxylic acids is 2. The van der Waals surface area contributed by atoms with E-state index in [4.69, 9.17) is 4.74 Å². The van der Waals surface area contributed by atoms with E-state index in [1.165, 1.54) is 11.3 Å². The normalized spacial score (nSPS) is 18.0. The second-order valence-corrected chi connectivity index (χ2v) is 10.4. The summed E-state index contributed by atoms with van der Waals surface area (Å²) in [7, 11) is 1.74. The molecule has 0 saturated carbocycles. The molecule has 0 aliphatic carbocycles. The molecule has 1 fully saturated rings. The molecule has 1 aromatic rings. The Balaban J connectivity index is 1.89. The lowest BCUT2D eigenvalue weighted by atomic mass is 9.98. The number of carbonyl (C=O) groups is 2. The van der Waals surface area contributed by atoms with Crippen LogP contribution in [0.4, 0.5) is 14.7 Å². The monoisotopic (exact) mass is 411 g/mol. The Morgan fingerprint density at radius 2 is 1.93 bits per heavy atom. The number of ether oxygens (including phenoxy) is 1. The van der Waals surface area contributed by atoms with E-state index >= 15 is 0 Å². The highest BCUT2D eigenvalue weighted by Gasteiger charge is 2.28. The van der Waals surface area contributed by atoms with Crippen LogP contribution in [0.15, 0.2) is 0 Å². The average molecular weight is 412 g/mol. The van der Waals surface area contributed by atoms with Crippen molar-refractivity contribution in [3.63, 3.8) is 0 Å². The average Bonchev–Trinajstić information content (AvgIpc) is 3.02. The van der Waals surface area contributed by atoms with Crippen molar-refractivity contribution in [1.29, 1.82) is 0 Å². The minimum absolute atomic E-state index is 0.0941. The zero-order valence-electron chi connectivity index (χ0n) is 18.0. The van der Waals surface area contributed by atoms with E-state index in [0.29, 0.717) is 24.8 Å². The van der Waals surface area contributed by atoms with Gasteiger partial charge in [0.25, 0.3) is 0 Å². The lowest BCUT2D eigenvalue weighted by Gasteiger charge is -2.34. The zero-order valence-corrected chi connectivity index (χ0v) is 18.9. The Bertz CT molecular complexity index is 692. The summed E-state index contributed by atoms with van der Waals surface area (Å²) < 4.78 is 5.40. The summed E-state index contributed by atoms with van der Waals surface area (Å²) in [4.78, 5) is 28.2. The number of hydrogen-bond acceptors (Lipinski definition) is 6. The molecule has 0 spiro atoms. The highest BCUT2D eigenvalue weighted by atomic mass is 32.1. The van der Waals surface area contributed by atoms with Gasteiger partial charge >= 0.3 is 12.1 Å². The number of anilines is 1. The van der Waals surface area contributed by atoms with E-state index in [9.17, 15) is 9.59 Å². The van der Waals surface area contributed by atoms with Gasteiger partial charge in [0.2, 0.25) is 5.13 Å².